The zero-order valence-corrected chi connectivity index (χ0v) is 13.6. The second-order valence-corrected chi connectivity index (χ2v) is 5.67. The van der Waals surface area contributed by atoms with Crippen molar-refractivity contribution in [3.63, 3.8) is 0 Å². The Morgan fingerprint density at radius 2 is 2.00 bits per heavy atom. The Morgan fingerprint density at radius 1 is 1.26 bits per heavy atom. The Labute approximate surface area is 140 Å². The molecule has 23 heavy (non-hydrogen) atoms. The Hall–Kier alpha value is -2.07. The van der Waals surface area contributed by atoms with Crippen LogP contribution in [0.2, 0.25) is 5.02 Å². The fourth-order valence-electron chi connectivity index (χ4n) is 2.10. The number of hydrogen-bond donors (Lipinski definition) is 1. The van der Waals surface area contributed by atoms with E-state index in [2.05, 4.69) is 5.32 Å². The van der Waals surface area contributed by atoms with Crippen LogP contribution < -0.4 is 10.1 Å². The normalized spacial score (nSPS) is 11.8. The van der Waals surface area contributed by atoms with Crippen molar-refractivity contribution in [1.29, 1.82) is 0 Å². The van der Waals surface area contributed by atoms with E-state index in [0.29, 0.717) is 17.3 Å². The fraction of sp³-hybridized carbons (Fsp3) is 0.278. The van der Waals surface area contributed by atoms with Crippen LogP contribution in [0.3, 0.4) is 0 Å². The molecule has 5 heteroatoms. The Kier molecular flexibility index (Phi) is 6.41. The molecule has 0 aliphatic heterocycles. The molecular formula is C18H19ClFNO2. The Bertz CT molecular complexity index is 646. The van der Waals surface area contributed by atoms with Gasteiger partial charge in [0.1, 0.15) is 11.6 Å². The highest BCUT2D eigenvalue weighted by atomic mass is 35.5. The molecular weight excluding hydrogens is 317 g/mol. The Morgan fingerprint density at radius 3 is 2.70 bits per heavy atom. The van der Waals surface area contributed by atoms with E-state index in [1.165, 1.54) is 12.1 Å². The number of hydrogen-bond acceptors (Lipinski definition) is 2. The van der Waals surface area contributed by atoms with E-state index < -0.39 is 6.10 Å². The van der Waals surface area contributed by atoms with Crippen LogP contribution in [0.4, 0.5) is 4.39 Å². The standard InChI is InChI=1S/C18H19ClFNO2/c1-13(23-17-6-2-5-15(19)12-17)18(22)21-11-3-4-14-7-9-16(20)10-8-14/h2,5-10,12-13H,3-4,11H2,1H3,(H,21,22)/t13-/m0/s1. The van der Waals surface area contributed by atoms with Gasteiger partial charge in [-0.05, 0) is 55.7 Å². The van der Waals surface area contributed by atoms with Crippen molar-refractivity contribution in [1.82, 2.24) is 5.32 Å². The van der Waals surface area contributed by atoms with Gasteiger partial charge in [-0.2, -0.15) is 0 Å². The molecule has 0 aliphatic carbocycles. The van der Waals surface area contributed by atoms with E-state index >= 15 is 0 Å². The van der Waals surface area contributed by atoms with Crippen molar-refractivity contribution >= 4 is 17.5 Å². The summed E-state index contributed by atoms with van der Waals surface area (Å²) in [6.45, 7) is 2.23. The largest absolute Gasteiger partial charge is 0.481 e. The molecule has 3 nitrogen and oxygen atoms in total. The van der Waals surface area contributed by atoms with Crippen molar-refractivity contribution < 1.29 is 13.9 Å². The highest BCUT2D eigenvalue weighted by Crippen LogP contribution is 2.18. The van der Waals surface area contributed by atoms with Crippen LogP contribution in [-0.2, 0) is 11.2 Å². The number of benzene rings is 2. The highest BCUT2D eigenvalue weighted by molar-refractivity contribution is 6.30. The maximum absolute atomic E-state index is 12.8. The summed E-state index contributed by atoms with van der Waals surface area (Å²) in [5, 5.41) is 3.39. The van der Waals surface area contributed by atoms with Gasteiger partial charge in [0, 0.05) is 11.6 Å². The van der Waals surface area contributed by atoms with Gasteiger partial charge in [0.15, 0.2) is 6.10 Å². The molecule has 2 aromatic carbocycles. The van der Waals surface area contributed by atoms with Crippen molar-refractivity contribution in [2.24, 2.45) is 0 Å². The summed E-state index contributed by atoms with van der Waals surface area (Å²) in [6, 6.07) is 13.3. The molecule has 122 valence electrons. The first-order valence-electron chi connectivity index (χ1n) is 7.49. The summed E-state index contributed by atoms with van der Waals surface area (Å²) < 4.78 is 18.3. The number of aryl methyl sites for hydroxylation is 1. The summed E-state index contributed by atoms with van der Waals surface area (Å²) in [5.74, 6) is 0.143. The molecule has 0 aliphatic rings. The van der Waals surface area contributed by atoms with Crippen LogP contribution in [0.5, 0.6) is 5.75 Å². The lowest BCUT2D eigenvalue weighted by molar-refractivity contribution is -0.127. The first-order valence-corrected chi connectivity index (χ1v) is 7.87. The number of carbonyl (C=O) groups excluding carboxylic acids is 1. The Balaban J connectivity index is 1.70. The maximum atomic E-state index is 12.8. The van der Waals surface area contributed by atoms with Gasteiger partial charge in [-0.25, -0.2) is 4.39 Å². The van der Waals surface area contributed by atoms with Gasteiger partial charge < -0.3 is 10.1 Å². The molecule has 0 saturated heterocycles. The van der Waals surface area contributed by atoms with Crippen LogP contribution >= 0.6 is 11.6 Å². The minimum Gasteiger partial charge on any atom is -0.481 e. The monoisotopic (exact) mass is 335 g/mol. The van der Waals surface area contributed by atoms with Gasteiger partial charge in [0.25, 0.3) is 5.91 Å². The van der Waals surface area contributed by atoms with E-state index in [0.717, 1.165) is 18.4 Å². The molecule has 0 radical (unpaired) electrons. The van der Waals surface area contributed by atoms with Crippen LogP contribution in [0.1, 0.15) is 18.9 Å². The zero-order chi connectivity index (χ0) is 16.7. The van der Waals surface area contributed by atoms with Crippen LogP contribution in [-0.4, -0.2) is 18.6 Å². The maximum Gasteiger partial charge on any atom is 0.260 e. The average molecular weight is 336 g/mol. The number of rotatable bonds is 7. The van der Waals surface area contributed by atoms with E-state index in [1.807, 2.05) is 0 Å². The van der Waals surface area contributed by atoms with Crippen molar-refractivity contribution in [3.05, 3.63) is 64.9 Å². The molecule has 0 bridgehead atoms. The SMILES string of the molecule is C[C@H](Oc1cccc(Cl)c1)C(=O)NCCCc1ccc(F)cc1. The van der Waals surface area contributed by atoms with E-state index in [-0.39, 0.29) is 11.7 Å². The number of ether oxygens (including phenoxy) is 1. The van der Waals surface area contributed by atoms with Crippen LogP contribution in [0.25, 0.3) is 0 Å². The minimum absolute atomic E-state index is 0.177. The van der Waals surface area contributed by atoms with Gasteiger partial charge in [0.05, 0.1) is 0 Å². The molecule has 2 rings (SSSR count). The topological polar surface area (TPSA) is 38.3 Å². The molecule has 0 unspecified atom stereocenters. The van der Waals surface area contributed by atoms with Crippen molar-refractivity contribution in [2.75, 3.05) is 6.54 Å². The summed E-state index contributed by atoms with van der Waals surface area (Å²) in [5.41, 5.74) is 1.05. The molecule has 0 spiro atoms. The first kappa shape index (κ1) is 17.3. The van der Waals surface area contributed by atoms with E-state index in [4.69, 9.17) is 16.3 Å². The van der Waals surface area contributed by atoms with Gasteiger partial charge in [0.2, 0.25) is 0 Å². The number of amides is 1. The summed E-state index contributed by atoms with van der Waals surface area (Å²) in [6.07, 6.45) is 0.963. The molecule has 1 atom stereocenters. The van der Waals surface area contributed by atoms with Gasteiger partial charge in [-0.3, -0.25) is 4.79 Å². The molecule has 1 N–H and O–H groups in total. The lowest BCUT2D eigenvalue weighted by atomic mass is 10.1. The number of nitrogens with one attached hydrogen (secondary N) is 1. The molecule has 1 amide bonds. The lowest BCUT2D eigenvalue weighted by Gasteiger charge is -2.14. The van der Waals surface area contributed by atoms with E-state index in [9.17, 15) is 9.18 Å². The second-order valence-electron chi connectivity index (χ2n) is 5.24. The molecule has 0 aromatic heterocycles. The van der Waals surface area contributed by atoms with Gasteiger partial charge in [-0.1, -0.05) is 29.8 Å². The molecule has 0 fully saturated rings. The van der Waals surface area contributed by atoms with Crippen molar-refractivity contribution in [2.45, 2.75) is 25.9 Å². The van der Waals surface area contributed by atoms with Crippen molar-refractivity contribution in [3.8, 4) is 5.75 Å². The van der Waals surface area contributed by atoms with Crippen LogP contribution in [0.15, 0.2) is 48.5 Å². The first-order chi connectivity index (χ1) is 11.0. The minimum atomic E-state index is -0.598. The molecule has 0 saturated carbocycles. The third-order valence-corrected chi connectivity index (χ3v) is 3.57. The van der Waals surface area contributed by atoms with Gasteiger partial charge >= 0.3 is 0 Å². The lowest BCUT2D eigenvalue weighted by Crippen LogP contribution is -2.36. The smallest absolute Gasteiger partial charge is 0.260 e. The van der Waals surface area contributed by atoms with E-state index in [1.54, 1.807) is 43.3 Å². The summed E-state index contributed by atoms with van der Waals surface area (Å²) in [7, 11) is 0. The van der Waals surface area contributed by atoms with Crippen LogP contribution in [0, 0.1) is 5.82 Å². The fourth-order valence-corrected chi connectivity index (χ4v) is 2.28. The third-order valence-electron chi connectivity index (χ3n) is 3.33. The zero-order valence-electron chi connectivity index (χ0n) is 12.9. The predicted molar refractivity (Wildman–Crippen MR) is 89.3 cm³/mol. The third kappa shape index (κ3) is 5.91. The number of carbonyl (C=O) groups is 1. The van der Waals surface area contributed by atoms with Gasteiger partial charge in [-0.15, -0.1) is 0 Å². The predicted octanol–water partition coefficient (Wildman–Crippen LogP) is 4.00. The highest BCUT2D eigenvalue weighted by Gasteiger charge is 2.14. The second kappa shape index (κ2) is 8.53. The number of halogens is 2. The summed E-state index contributed by atoms with van der Waals surface area (Å²) >= 11 is 5.87. The molecule has 2 aromatic rings. The average Bonchev–Trinajstić information content (AvgIpc) is 2.53. The molecule has 0 heterocycles. The quantitative estimate of drug-likeness (QED) is 0.777. The summed E-state index contributed by atoms with van der Waals surface area (Å²) in [4.78, 5) is 12.0.